The molecule has 0 aromatic carbocycles. The van der Waals surface area contributed by atoms with Gasteiger partial charge in [-0.2, -0.15) is 0 Å². The summed E-state index contributed by atoms with van der Waals surface area (Å²) in [4.78, 5) is 2.27. The molecule has 1 atom stereocenters. The summed E-state index contributed by atoms with van der Waals surface area (Å²) in [5.41, 5.74) is 0. The van der Waals surface area contributed by atoms with Crippen molar-refractivity contribution >= 4 is 0 Å². The summed E-state index contributed by atoms with van der Waals surface area (Å²) in [6, 6.07) is 0. The van der Waals surface area contributed by atoms with Crippen LogP contribution in [0.3, 0.4) is 0 Å². The molecule has 0 N–H and O–H groups in total. The normalized spacial score (nSPS) is 34.9. The van der Waals surface area contributed by atoms with Gasteiger partial charge in [0.2, 0.25) is 0 Å². The summed E-state index contributed by atoms with van der Waals surface area (Å²) in [5, 5.41) is 0. The van der Waals surface area contributed by atoms with Crippen molar-refractivity contribution in [1.82, 2.24) is 4.90 Å². The molecule has 1 unspecified atom stereocenters. The molecule has 5 heteroatoms. The Bertz CT molecular complexity index is 376. The Morgan fingerprint density at radius 1 is 1.12 bits per heavy atom. The molecule has 3 aliphatic rings. The average Bonchev–Trinajstić information content (AvgIpc) is 3.18. The van der Waals surface area contributed by atoms with E-state index >= 15 is 0 Å². The molecule has 0 amide bonds. The smallest absolute Gasteiger partial charge is 0.170 e. The van der Waals surface area contributed by atoms with Gasteiger partial charge in [-0.1, -0.05) is 13.8 Å². The Morgan fingerprint density at radius 2 is 1.83 bits per heavy atom. The molecular formula is C19H35NO4. The molecule has 5 nitrogen and oxygen atoms in total. The number of likely N-dealkylation sites (N-methyl/N-ethyl adjacent to an activating group) is 1. The maximum absolute atomic E-state index is 6.35. The number of nitrogens with zero attached hydrogens (tertiary/aromatic N) is 1. The molecule has 2 heterocycles. The molecule has 0 bridgehead atoms. The fourth-order valence-corrected chi connectivity index (χ4v) is 4.26. The topological polar surface area (TPSA) is 40.2 Å². The quantitative estimate of drug-likeness (QED) is 0.712. The third-order valence-electron chi connectivity index (χ3n) is 5.57. The van der Waals surface area contributed by atoms with Crippen molar-refractivity contribution in [2.75, 3.05) is 40.0 Å². The molecule has 3 rings (SSSR count). The van der Waals surface area contributed by atoms with Crippen LogP contribution in [-0.2, 0) is 18.9 Å². The first kappa shape index (κ1) is 18.6. The van der Waals surface area contributed by atoms with E-state index in [1.54, 1.807) is 0 Å². The van der Waals surface area contributed by atoms with E-state index in [2.05, 4.69) is 25.8 Å². The lowest BCUT2D eigenvalue weighted by molar-refractivity contribution is -0.193. The largest absolute Gasteiger partial charge is 0.349 e. The fourth-order valence-electron chi connectivity index (χ4n) is 4.26. The lowest BCUT2D eigenvalue weighted by Crippen LogP contribution is -2.37. The predicted octanol–water partition coefficient (Wildman–Crippen LogP) is 3.03. The fraction of sp³-hybridized carbons (Fsp3) is 1.00. The van der Waals surface area contributed by atoms with E-state index in [4.69, 9.17) is 18.9 Å². The highest BCUT2D eigenvalue weighted by molar-refractivity contribution is 4.85. The highest BCUT2D eigenvalue weighted by atomic mass is 16.7. The molecule has 2 aliphatic heterocycles. The Labute approximate surface area is 147 Å². The van der Waals surface area contributed by atoms with Crippen molar-refractivity contribution in [3.05, 3.63) is 0 Å². The molecule has 1 aliphatic carbocycles. The van der Waals surface area contributed by atoms with Crippen LogP contribution >= 0.6 is 0 Å². The summed E-state index contributed by atoms with van der Waals surface area (Å²) in [6.45, 7) is 8.65. The van der Waals surface area contributed by atoms with Crippen LogP contribution in [0.4, 0.5) is 0 Å². The minimum absolute atomic E-state index is 0.0571. The van der Waals surface area contributed by atoms with Gasteiger partial charge in [-0.15, -0.1) is 0 Å². The zero-order valence-corrected chi connectivity index (χ0v) is 15.7. The van der Waals surface area contributed by atoms with Gasteiger partial charge >= 0.3 is 0 Å². The number of hydrogen-bond acceptors (Lipinski definition) is 5. The second-order valence-electron chi connectivity index (χ2n) is 8.26. The second-order valence-corrected chi connectivity index (χ2v) is 8.26. The maximum Gasteiger partial charge on any atom is 0.170 e. The Kier molecular flexibility index (Phi) is 6.55. The van der Waals surface area contributed by atoms with Crippen LogP contribution in [0.25, 0.3) is 0 Å². The first-order valence-corrected chi connectivity index (χ1v) is 9.78. The van der Waals surface area contributed by atoms with Gasteiger partial charge in [0.1, 0.15) is 0 Å². The predicted molar refractivity (Wildman–Crippen MR) is 92.8 cm³/mol. The van der Waals surface area contributed by atoms with Crippen molar-refractivity contribution in [3.8, 4) is 0 Å². The molecule has 140 valence electrons. The molecule has 1 saturated carbocycles. The summed E-state index contributed by atoms with van der Waals surface area (Å²) in [7, 11) is 2.12. The monoisotopic (exact) mass is 341 g/mol. The lowest BCUT2D eigenvalue weighted by Gasteiger charge is -2.36. The summed E-state index contributed by atoms with van der Waals surface area (Å²) < 4.78 is 23.5. The third-order valence-corrected chi connectivity index (χ3v) is 5.57. The molecule has 0 aromatic heterocycles. The van der Waals surface area contributed by atoms with Crippen molar-refractivity contribution in [3.63, 3.8) is 0 Å². The lowest BCUT2D eigenvalue weighted by atomic mass is 9.81. The molecule has 0 radical (unpaired) electrons. The van der Waals surface area contributed by atoms with Crippen molar-refractivity contribution in [1.29, 1.82) is 0 Å². The third kappa shape index (κ3) is 5.15. The van der Waals surface area contributed by atoms with Gasteiger partial charge < -0.3 is 23.8 Å². The molecule has 1 spiro atoms. The van der Waals surface area contributed by atoms with Crippen LogP contribution in [0.5, 0.6) is 0 Å². The number of hydrogen-bond donors (Lipinski definition) is 0. The maximum atomic E-state index is 6.35. The average molecular weight is 341 g/mol. The SMILES string of the molecule is CC(C)CC1CCC2(CC1)OCC(CCN(C)CC1OCCO1)O2. The Hall–Kier alpha value is -0.200. The van der Waals surface area contributed by atoms with Crippen molar-refractivity contribution < 1.29 is 18.9 Å². The van der Waals surface area contributed by atoms with Gasteiger partial charge in [-0.3, -0.25) is 0 Å². The zero-order chi connectivity index (χ0) is 17.0. The van der Waals surface area contributed by atoms with Crippen LogP contribution < -0.4 is 0 Å². The van der Waals surface area contributed by atoms with Crippen LogP contribution in [0.1, 0.15) is 52.4 Å². The van der Waals surface area contributed by atoms with Crippen LogP contribution in [0.15, 0.2) is 0 Å². The number of ether oxygens (including phenoxy) is 4. The van der Waals surface area contributed by atoms with Gasteiger partial charge in [-0.25, -0.2) is 0 Å². The van der Waals surface area contributed by atoms with E-state index in [0.717, 1.165) is 64.0 Å². The van der Waals surface area contributed by atoms with Crippen LogP contribution in [-0.4, -0.2) is 63.0 Å². The van der Waals surface area contributed by atoms with Crippen LogP contribution in [0, 0.1) is 11.8 Å². The van der Waals surface area contributed by atoms with Crippen LogP contribution in [0.2, 0.25) is 0 Å². The van der Waals surface area contributed by atoms with Gasteiger partial charge in [-0.05, 0) is 44.6 Å². The van der Waals surface area contributed by atoms with E-state index < -0.39 is 0 Å². The first-order valence-electron chi connectivity index (χ1n) is 9.78. The van der Waals surface area contributed by atoms with E-state index in [-0.39, 0.29) is 18.2 Å². The summed E-state index contributed by atoms with van der Waals surface area (Å²) >= 11 is 0. The summed E-state index contributed by atoms with van der Waals surface area (Å²) in [6.07, 6.45) is 7.18. The van der Waals surface area contributed by atoms with Crippen molar-refractivity contribution in [2.45, 2.75) is 70.6 Å². The van der Waals surface area contributed by atoms with Gasteiger partial charge in [0.25, 0.3) is 0 Å². The molecule has 3 fully saturated rings. The standard InChI is InChI=1S/C19H35NO4/c1-15(2)12-16-4-7-19(8-5-16)23-14-17(24-19)6-9-20(3)13-18-21-10-11-22-18/h15-18H,4-14H2,1-3H3. The highest BCUT2D eigenvalue weighted by Crippen LogP contribution is 2.42. The van der Waals surface area contributed by atoms with Gasteiger partial charge in [0, 0.05) is 25.9 Å². The Morgan fingerprint density at radius 3 is 2.50 bits per heavy atom. The van der Waals surface area contributed by atoms with E-state index in [9.17, 15) is 0 Å². The van der Waals surface area contributed by atoms with E-state index in [1.807, 2.05) is 0 Å². The molecular weight excluding hydrogens is 306 g/mol. The minimum Gasteiger partial charge on any atom is -0.349 e. The molecule has 2 saturated heterocycles. The minimum atomic E-state index is -0.269. The zero-order valence-electron chi connectivity index (χ0n) is 15.7. The van der Waals surface area contributed by atoms with Gasteiger partial charge in [0.15, 0.2) is 12.1 Å². The van der Waals surface area contributed by atoms with E-state index in [0.29, 0.717) is 0 Å². The molecule has 0 aromatic rings. The number of rotatable bonds is 7. The van der Waals surface area contributed by atoms with Gasteiger partial charge in [0.05, 0.1) is 25.9 Å². The van der Waals surface area contributed by atoms with Crippen molar-refractivity contribution in [2.24, 2.45) is 11.8 Å². The molecule has 24 heavy (non-hydrogen) atoms. The summed E-state index contributed by atoms with van der Waals surface area (Å²) in [5.74, 6) is 1.39. The second kappa shape index (κ2) is 8.45. The Balaban J connectivity index is 1.35. The van der Waals surface area contributed by atoms with E-state index in [1.165, 1.54) is 19.3 Å². The first-order chi connectivity index (χ1) is 11.5. The highest BCUT2D eigenvalue weighted by Gasteiger charge is 2.44.